The van der Waals surface area contributed by atoms with Gasteiger partial charge in [-0.15, -0.1) is 11.3 Å². The maximum atomic E-state index is 10.7. The van der Waals surface area contributed by atoms with E-state index in [9.17, 15) is 5.11 Å². The summed E-state index contributed by atoms with van der Waals surface area (Å²) in [7, 11) is 0. The van der Waals surface area contributed by atoms with E-state index in [1.807, 2.05) is 49.4 Å². The quantitative estimate of drug-likeness (QED) is 0.291. The van der Waals surface area contributed by atoms with E-state index in [1.165, 1.54) is 5.56 Å². The summed E-state index contributed by atoms with van der Waals surface area (Å²) < 4.78 is 13.1. The molecule has 1 aliphatic heterocycles. The second-order valence-corrected chi connectivity index (χ2v) is 11.3. The van der Waals surface area contributed by atoms with Gasteiger partial charge in [0.25, 0.3) is 0 Å². The fourth-order valence-corrected chi connectivity index (χ4v) is 5.97. The van der Waals surface area contributed by atoms with Gasteiger partial charge in [-0.2, -0.15) is 0 Å². The van der Waals surface area contributed by atoms with E-state index >= 15 is 0 Å². The molecule has 0 spiro atoms. The lowest BCUT2D eigenvalue weighted by molar-refractivity contribution is 0.0179. The van der Waals surface area contributed by atoms with Crippen LogP contribution >= 0.6 is 11.3 Å². The number of thiazole rings is 1. The zero-order chi connectivity index (χ0) is 26.1. The van der Waals surface area contributed by atoms with E-state index in [0.29, 0.717) is 19.1 Å². The first kappa shape index (κ1) is 25.0. The van der Waals surface area contributed by atoms with Crippen LogP contribution in [0, 0.1) is 6.92 Å². The highest BCUT2D eigenvalue weighted by Gasteiger charge is 2.26. The van der Waals surface area contributed by atoms with E-state index < -0.39 is 6.10 Å². The van der Waals surface area contributed by atoms with E-state index in [1.54, 1.807) is 11.3 Å². The topological polar surface area (TPSA) is 74.9 Å². The van der Waals surface area contributed by atoms with Gasteiger partial charge in [0.05, 0.1) is 21.8 Å². The Balaban J connectivity index is 1.01. The zero-order valence-electron chi connectivity index (χ0n) is 21.7. The fraction of sp³-hybridized carbons (Fsp3) is 0.333. The van der Waals surface area contributed by atoms with Gasteiger partial charge in [-0.1, -0.05) is 36.4 Å². The van der Waals surface area contributed by atoms with E-state index in [4.69, 9.17) is 14.1 Å². The Morgan fingerprint density at radius 1 is 1.03 bits per heavy atom. The SMILES string of the molecule is Cc1nc2cc(OC[C@H](O)CN3CCN(Cc4nc5cc(-c6ccccc6)ccc5o4)C[C@@H]3C)ccc2s1. The van der Waals surface area contributed by atoms with Crippen LogP contribution < -0.4 is 4.74 Å². The van der Waals surface area contributed by atoms with Crippen molar-refractivity contribution < 1.29 is 14.3 Å². The standard InChI is InChI=1S/C30H32N4O3S/c1-20-16-33(18-30-32-26-14-23(8-10-28(26)37-30)22-6-4-3-5-7-22)12-13-34(20)17-24(35)19-36-25-9-11-29-27(15-25)31-21(2)38-29/h3-11,14-15,20,24,35H,12-13,16-19H2,1-2H3/t20-,24+/m0/s1. The van der Waals surface area contributed by atoms with Crippen molar-refractivity contribution >= 4 is 32.7 Å². The molecule has 0 aliphatic carbocycles. The van der Waals surface area contributed by atoms with Crippen LogP contribution in [0.25, 0.3) is 32.4 Å². The molecule has 196 valence electrons. The molecule has 0 amide bonds. The molecule has 1 aliphatic rings. The molecule has 0 saturated carbocycles. The van der Waals surface area contributed by atoms with Crippen molar-refractivity contribution in [1.29, 1.82) is 0 Å². The zero-order valence-corrected chi connectivity index (χ0v) is 22.5. The number of ether oxygens (including phenoxy) is 1. The number of aromatic nitrogens is 2. The van der Waals surface area contributed by atoms with E-state index in [-0.39, 0.29) is 6.61 Å². The summed E-state index contributed by atoms with van der Waals surface area (Å²) >= 11 is 1.67. The minimum atomic E-state index is -0.562. The first-order valence-corrected chi connectivity index (χ1v) is 13.9. The van der Waals surface area contributed by atoms with Crippen molar-refractivity contribution in [2.75, 3.05) is 32.8 Å². The van der Waals surface area contributed by atoms with Crippen LogP contribution in [0.1, 0.15) is 17.8 Å². The Hall–Kier alpha value is -3.30. The summed E-state index contributed by atoms with van der Waals surface area (Å²) in [4.78, 5) is 14.0. The Morgan fingerprint density at radius 3 is 2.74 bits per heavy atom. The molecule has 1 N–H and O–H groups in total. The number of aryl methyl sites for hydroxylation is 1. The predicted molar refractivity (Wildman–Crippen MR) is 152 cm³/mol. The van der Waals surface area contributed by atoms with Crippen LogP contribution in [0.15, 0.2) is 71.1 Å². The third kappa shape index (κ3) is 5.59. The average Bonchev–Trinajstić information content (AvgIpc) is 3.50. The summed E-state index contributed by atoms with van der Waals surface area (Å²) in [5.74, 6) is 1.49. The van der Waals surface area contributed by atoms with Gasteiger partial charge in [0.1, 0.15) is 24.0 Å². The minimum Gasteiger partial charge on any atom is -0.491 e. The molecule has 2 atom stereocenters. The van der Waals surface area contributed by atoms with Crippen molar-refractivity contribution in [2.24, 2.45) is 0 Å². The number of hydrogen-bond donors (Lipinski definition) is 1. The predicted octanol–water partition coefficient (Wildman–Crippen LogP) is 5.36. The fourth-order valence-electron chi connectivity index (χ4n) is 5.16. The van der Waals surface area contributed by atoms with Crippen LogP contribution in [0.3, 0.4) is 0 Å². The van der Waals surface area contributed by atoms with Gasteiger partial charge in [0, 0.05) is 38.3 Å². The summed E-state index contributed by atoms with van der Waals surface area (Å²) in [6.07, 6.45) is -0.562. The molecular weight excluding hydrogens is 496 g/mol. The summed E-state index contributed by atoms with van der Waals surface area (Å²) in [6, 6.07) is 22.7. The number of benzene rings is 3. The summed E-state index contributed by atoms with van der Waals surface area (Å²) in [5.41, 5.74) is 4.96. The molecule has 6 rings (SSSR count). The first-order chi connectivity index (χ1) is 18.5. The van der Waals surface area contributed by atoms with Crippen LogP contribution in [-0.4, -0.2) is 69.8 Å². The molecule has 38 heavy (non-hydrogen) atoms. The molecule has 8 heteroatoms. The third-order valence-electron chi connectivity index (χ3n) is 7.10. The van der Waals surface area contributed by atoms with Crippen molar-refractivity contribution in [1.82, 2.24) is 19.8 Å². The number of aliphatic hydroxyl groups is 1. The van der Waals surface area contributed by atoms with Gasteiger partial charge in [-0.3, -0.25) is 9.80 Å². The molecule has 7 nitrogen and oxygen atoms in total. The van der Waals surface area contributed by atoms with Gasteiger partial charge >= 0.3 is 0 Å². The summed E-state index contributed by atoms with van der Waals surface area (Å²) in [6.45, 7) is 8.39. The van der Waals surface area contributed by atoms with Crippen molar-refractivity contribution in [2.45, 2.75) is 32.5 Å². The molecular formula is C30H32N4O3S. The van der Waals surface area contributed by atoms with Crippen molar-refractivity contribution in [3.05, 3.63) is 77.6 Å². The number of nitrogens with zero attached hydrogens (tertiary/aromatic N) is 4. The highest BCUT2D eigenvalue weighted by atomic mass is 32.1. The molecule has 0 radical (unpaired) electrons. The highest BCUT2D eigenvalue weighted by Crippen LogP contribution is 2.27. The summed E-state index contributed by atoms with van der Waals surface area (Å²) in [5, 5.41) is 11.7. The second-order valence-electron chi connectivity index (χ2n) is 10.1. The van der Waals surface area contributed by atoms with Gasteiger partial charge in [0.15, 0.2) is 5.58 Å². The van der Waals surface area contributed by atoms with Gasteiger partial charge in [0.2, 0.25) is 5.89 Å². The monoisotopic (exact) mass is 528 g/mol. The average molecular weight is 529 g/mol. The Kier molecular flexibility index (Phi) is 7.12. The Labute approximate surface area is 226 Å². The van der Waals surface area contributed by atoms with Crippen LogP contribution in [-0.2, 0) is 6.54 Å². The van der Waals surface area contributed by atoms with Gasteiger partial charge in [-0.25, -0.2) is 9.97 Å². The third-order valence-corrected chi connectivity index (χ3v) is 8.05. The molecule has 3 heterocycles. The largest absolute Gasteiger partial charge is 0.491 e. The number of oxazole rings is 1. The number of aliphatic hydroxyl groups excluding tert-OH is 1. The van der Waals surface area contributed by atoms with Gasteiger partial charge in [-0.05, 0) is 49.2 Å². The van der Waals surface area contributed by atoms with Crippen LogP contribution in [0.4, 0.5) is 0 Å². The molecule has 2 aromatic heterocycles. The van der Waals surface area contributed by atoms with E-state index in [0.717, 1.165) is 63.2 Å². The molecule has 0 unspecified atom stereocenters. The molecule has 1 fully saturated rings. The Bertz CT molecular complexity index is 1530. The highest BCUT2D eigenvalue weighted by molar-refractivity contribution is 7.18. The van der Waals surface area contributed by atoms with Gasteiger partial charge < -0.3 is 14.3 Å². The number of β-amino-alcohol motifs (C(OH)–C–C–N with tert-alkyl or cyclic N) is 1. The number of hydrogen-bond acceptors (Lipinski definition) is 8. The van der Waals surface area contributed by atoms with Crippen LogP contribution in [0.5, 0.6) is 5.75 Å². The molecule has 5 aromatic rings. The lowest BCUT2D eigenvalue weighted by Crippen LogP contribution is -2.53. The normalized spacial score (nSPS) is 17.8. The lowest BCUT2D eigenvalue weighted by atomic mass is 10.1. The van der Waals surface area contributed by atoms with Crippen molar-refractivity contribution in [3.8, 4) is 16.9 Å². The maximum Gasteiger partial charge on any atom is 0.209 e. The molecule has 0 bridgehead atoms. The van der Waals surface area contributed by atoms with Crippen LogP contribution in [0.2, 0.25) is 0 Å². The lowest BCUT2D eigenvalue weighted by Gasteiger charge is -2.40. The van der Waals surface area contributed by atoms with E-state index in [2.05, 4.69) is 46.0 Å². The molecule has 1 saturated heterocycles. The number of rotatable bonds is 8. The Morgan fingerprint density at radius 2 is 1.89 bits per heavy atom. The second kappa shape index (κ2) is 10.8. The molecule has 3 aromatic carbocycles. The number of fused-ring (bicyclic) bond motifs is 2. The number of piperazine rings is 1. The minimum absolute atomic E-state index is 0.259. The maximum absolute atomic E-state index is 10.7. The smallest absolute Gasteiger partial charge is 0.209 e. The first-order valence-electron chi connectivity index (χ1n) is 13.1. The van der Waals surface area contributed by atoms with Crippen molar-refractivity contribution in [3.63, 3.8) is 0 Å².